The molecule has 1 unspecified atom stereocenters. The molecule has 2 aromatic heterocycles. The number of esters is 1. The number of nitrogens with one attached hydrogen (secondary N) is 1. The lowest BCUT2D eigenvalue weighted by Crippen LogP contribution is -2.30. The Labute approximate surface area is 159 Å². The van der Waals surface area contributed by atoms with Gasteiger partial charge in [-0.25, -0.2) is 4.98 Å². The van der Waals surface area contributed by atoms with Crippen molar-refractivity contribution in [3.05, 3.63) is 76.8 Å². The SMILES string of the molecule is CC(OC(=O)Cn1c(=O)cnc2ccccc21)C(=O)c1c[nH]c2ccccc12. The highest BCUT2D eigenvalue weighted by atomic mass is 16.5. The van der Waals surface area contributed by atoms with E-state index in [9.17, 15) is 14.4 Å². The second-order valence-electron chi connectivity index (χ2n) is 6.42. The molecule has 2 heterocycles. The number of aromatic amines is 1. The second kappa shape index (κ2) is 7.11. The first-order chi connectivity index (χ1) is 13.5. The number of para-hydroxylation sites is 3. The fourth-order valence-electron chi connectivity index (χ4n) is 3.19. The minimum absolute atomic E-state index is 0.298. The number of nitrogens with zero attached hydrogens (tertiary/aromatic N) is 2. The molecule has 0 bridgehead atoms. The highest BCUT2D eigenvalue weighted by Crippen LogP contribution is 2.20. The van der Waals surface area contributed by atoms with Crippen LogP contribution < -0.4 is 5.56 Å². The Morgan fingerprint density at radius 3 is 2.75 bits per heavy atom. The van der Waals surface area contributed by atoms with Crippen molar-refractivity contribution in [1.82, 2.24) is 14.5 Å². The third-order valence-electron chi connectivity index (χ3n) is 4.57. The number of hydrogen-bond acceptors (Lipinski definition) is 5. The van der Waals surface area contributed by atoms with Gasteiger partial charge in [0.1, 0.15) is 6.54 Å². The Bertz CT molecular complexity index is 1260. The summed E-state index contributed by atoms with van der Waals surface area (Å²) in [7, 11) is 0. The highest BCUT2D eigenvalue weighted by Gasteiger charge is 2.22. The maximum atomic E-state index is 12.7. The van der Waals surface area contributed by atoms with Crippen LogP contribution in [-0.4, -0.2) is 32.4 Å². The lowest BCUT2D eigenvalue weighted by molar-refractivity contribution is -0.147. The molecule has 0 aliphatic rings. The molecule has 1 atom stereocenters. The standard InChI is InChI=1S/C21H17N3O4/c1-13(21(27)15-10-22-16-7-3-2-6-14(15)16)28-20(26)12-24-18-9-5-4-8-17(18)23-11-19(24)25/h2-11,13,22H,12H2,1H3. The van der Waals surface area contributed by atoms with Crippen LogP contribution in [-0.2, 0) is 16.1 Å². The number of benzene rings is 2. The van der Waals surface area contributed by atoms with E-state index in [1.54, 1.807) is 30.5 Å². The maximum absolute atomic E-state index is 12.7. The van der Waals surface area contributed by atoms with Crippen molar-refractivity contribution < 1.29 is 14.3 Å². The number of ketones is 1. The van der Waals surface area contributed by atoms with Gasteiger partial charge in [0.15, 0.2) is 6.10 Å². The van der Waals surface area contributed by atoms with E-state index in [0.29, 0.717) is 16.6 Å². The molecule has 4 aromatic rings. The fourth-order valence-corrected chi connectivity index (χ4v) is 3.19. The number of aromatic nitrogens is 3. The van der Waals surface area contributed by atoms with E-state index in [1.165, 1.54) is 11.5 Å². The van der Waals surface area contributed by atoms with Crippen LogP contribution in [0.25, 0.3) is 21.9 Å². The van der Waals surface area contributed by atoms with Crippen molar-refractivity contribution in [2.45, 2.75) is 19.6 Å². The van der Waals surface area contributed by atoms with Crippen molar-refractivity contribution in [3.63, 3.8) is 0 Å². The predicted octanol–water partition coefficient (Wildman–Crippen LogP) is 2.69. The van der Waals surface area contributed by atoms with Gasteiger partial charge in [0.05, 0.1) is 17.2 Å². The number of carbonyl (C=O) groups excluding carboxylic acids is 2. The van der Waals surface area contributed by atoms with Gasteiger partial charge in [-0.15, -0.1) is 0 Å². The van der Waals surface area contributed by atoms with Crippen molar-refractivity contribution in [1.29, 1.82) is 0 Å². The third kappa shape index (κ3) is 3.18. The zero-order valence-electron chi connectivity index (χ0n) is 15.1. The van der Waals surface area contributed by atoms with Gasteiger partial charge in [-0.2, -0.15) is 0 Å². The van der Waals surface area contributed by atoms with E-state index >= 15 is 0 Å². The largest absolute Gasteiger partial charge is 0.453 e. The number of carbonyl (C=O) groups is 2. The summed E-state index contributed by atoms with van der Waals surface area (Å²) in [5, 5.41) is 0.770. The molecule has 0 fully saturated rings. The van der Waals surface area contributed by atoms with Crippen LogP contribution in [0.15, 0.2) is 65.7 Å². The smallest absolute Gasteiger partial charge is 0.326 e. The van der Waals surface area contributed by atoms with Gasteiger partial charge < -0.3 is 9.72 Å². The monoisotopic (exact) mass is 375 g/mol. The summed E-state index contributed by atoms with van der Waals surface area (Å²) in [4.78, 5) is 44.3. The lowest BCUT2D eigenvalue weighted by atomic mass is 10.1. The molecular formula is C21H17N3O4. The lowest BCUT2D eigenvalue weighted by Gasteiger charge is -2.13. The van der Waals surface area contributed by atoms with Crippen molar-refractivity contribution >= 4 is 33.7 Å². The number of ether oxygens (including phenoxy) is 1. The first-order valence-corrected chi connectivity index (χ1v) is 8.79. The quantitative estimate of drug-likeness (QED) is 0.428. The minimum Gasteiger partial charge on any atom is -0.453 e. The number of hydrogen-bond donors (Lipinski definition) is 1. The van der Waals surface area contributed by atoms with Gasteiger partial charge in [0.2, 0.25) is 5.78 Å². The molecule has 140 valence electrons. The average Bonchev–Trinajstić information content (AvgIpc) is 3.13. The zero-order valence-corrected chi connectivity index (χ0v) is 15.1. The zero-order chi connectivity index (χ0) is 19.7. The van der Waals surface area contributed by atoms with E-state index < -0.39 is 17.6 Å². The molecule has 7 nitrogen and oxygen atoms in total. The van der Waals surface area contributed by atoms with Crippen LogP contribution in [0.3, 0.4) is 0 Å². The molecule has 0 saturated heterocycles. The van der Waals surface area contributed by atoms with E-state index in [1.807, 2.05) is 24.3 Å². The first-order valence-electron chi connectivity index (χ1n) is 8.79. The molecule has 28 heavy (non-hydrogen) atoms. The van der Waals surface area contributed by atoms with E-state index in [2.05, 4.69) is 9.97 Å². The summed E-state index contributed by atoms with van der Waals surface area (Å²) >= 11 is 0. The average molecular weight is 375 g/mol. The molecule has 4 rings (SSSR count). The summed E-state index contributed by atoms with van der Waals surface area (Å²) < 4.78 is 6.60. The molecular weight excluding hydrogens is 358 g/mol. The molecule has 0 aliphatic carbocycles. The van der Waals surface area contributed by atoms with Crippen LogP contribution in [0, 0.1) is 0 Å². The summed E-state index contributed by atoms with van der Waals surface area (Å²) in [6.07, 6.45) is 1.80. The summed E-state index contributed by atoms with van der Waals surface area (Å²) in [5.41, 5.74) is 2.01. The molecule has 0 amide bonds. The minimum atomic E-state index is -0.976. The summed E-state index contributed by atoms with van der Waals surface area (Å²) in [6.45, 7) is 1.23. The van der Waals surface area contributed by atoms with Crippen LogP contribution in [0.5, 0.6) is 0 Å². The van der Waals surface area contributed by atoms with Gasteiger partial charge in [-0.3, -0.25) is 19.0 Å². The third-order valence-corrected chi connectivity index (χ3v) is 4.57. The molecule has 0 radical (unpaired) electrons. The second-order valence-corrected chi connectivity index (χ2v) is 6.42. The first kappa shape index (κ1) is 17.7. The van der Waals surface area contributed by atoms with Gasteiger partial charge in [0.25, 0.3) is 5.56 Å². The molecule has 2 aromatic carbocycles. The topological polar surface area (TPSA) is 94.0 Å². The number of rotatable bonds is 5. The van der Waals surface area contributed by atoms with E-state index in [0.717, 1.165) is 17.1 Å². The van der Waals surface area contributed by atoms with Gasteiger partial charge >= 0.3 is 5.97 Å². The molecule has 0 saturated carbocycles. The summed E-state index contributed by atoms with van der Waals surface area (Å²) in [5.74, 6) is -0.975. The number of H-pyrrole nitrogens is 1. The molecule has 7 heteroatoms. The van der Waals surface area contributed by atoms with Gasteiger partial charge in [0, 0.05) is 22.7 Å². The molecule has 1 N–H and O–H groups in total. The molecule has 0 spiro atoms. The van der Waals surface area contributed by atoms with Gasteiger partial charge in [-0.1, -0.05) is 30.3 Å². The Balaban J connectivity index is 1.53. The van der Waals surface area contributed by atoms with E-state index in [4.69, 9.17) is 4.74 Å². The van der Waals surface area contributed by atoms with Crippen LogP contribution in [0.4, 0.5) is 0 Å². The Morgan fingerprint density at radius 2 is 1.89 bits per heavy atom. The normalized spacial score (nSPS) is 12.2. The van der Waals surface area contributed by atoms with Gasteiger partial charge in [-0.05, 0) is 25.1 Å². The Hall–Kier alpha value is -3.74. The molecule has 0 aliphatic heterocycles. The van der Waals surface area contributed by atoms with Crippen LogP contribution in [0.2, 0.25) is 0 Å². The predicted molar refractivity (Wildman–Crippen MR) is 104 cm³/mol. The number of fused-ring (bicyclic) bond motifs is 2. The highest BCUT2D eigenvalue weighted by molar-refractivity contribution is 6.10. The van der Waals surface area contributed by atoms with Crippen molar-refractivity contribution in [2.75, 3.05) is 0 Å². The van der Waals surface area contributed by atoms with Crippen LogP contribution >= 0.6 is 0 Å². The Kier molecular flexibility index (Phi) is 4.49. The van der Waals surface area contributed by atoms with Crippen LogP contribution in [0.1, 0.15) is 17.3 Å². The van der Waals surface area contributed by atoms with E-state index in [-0.39, 0.29) is 12.3 Å². The van der Waals surface area contributed by atoms with Crippen molar-refractivity contribution in [2.24, 2.45) is 0 Å². The maximum Gasteiger partial charge on any atom is 0.326 e. The summed E-state index contributed by atoms with van der Waals surface area (Å²) in [6, 6.07) is 14.4. The Morgan fingerprint density at radius 1 is 1.14 bits per heavy atom. The number of Topliss-reactive ketones (excluding diaryl/α,β-unsaturated/α-hetero) is 1. The fraction of sp³-hybridized carbons (Fsp3) is 0.143. The van der Waals surface area contributed by atoms with Crippen molar-refractivity contribution in [3.8, 4) is 0 Å².